The third kappa shape index (κ3) is 3.01. The number of benzene rings is 1. The summed E-state index contributed by atoms with van der Waals surface area (Å²) >= 11 is 5.57. The molecular weight excluding hydrogens is 249 g/mol. The number of nitrogens with zero attached hydrogens (tertiary/aromatic N) is 2. The van der Waals surface area contributed by atoms with Crippen molar-refractivity contribution in [3.05, 3.63) is 41.3 Å². The highest BCUT2D eigenvalue weighted by Gasteiger charge is 2.08. The summed E-state index contributed by atoms with van der Waals surface area (Å²) < 4.78 is 17.4. The second-order valence-corrected chi connectivity index (χ2v) is 3.61. The minimum Gasteiger partial charge on any atom is -0.343 e. The zero-order valence-corrected chi connectivity index (χ0v) is 9.24. The normalized spacial score (nSPS) is 10.2. The summed E-state index contributed by atoms with van der Waals surface area (Å²) in [6.45, 7) is 0. The van der Waals surface area contributed by atoms with Crippen LogP contribution in [0, 0.1) is 5.82 Å². The molecule has 0 aliphatic heterocycles. The molecule has 2 aromatic rings. The van der Waals surface area contributed by atoms with Crippen LogP contribution in [-0.2, 0) is 11.2 Å². The van der Waals surface area contributed by atoms with Crippen LogP contribution in [0.3, 0.4) is 0 Å². The van der Waals surface area contributed by atoms with Crippen molar-refractivity contribution in [2.45, 2.75) is 6.42 Å². The number of aromatic nitrogens is 2. The first-order valence-electron chi connectivity index (χ1n) is 4.65. The van der Waals surface area contributed by atoms with Gasteiger partial charge in [-0.2, -0.15) is 4.98 Å². The van der Waals surface area contributed by atoms with Gasteiger partial charge in [-0.05, 0) is 18.2 Å². The van der Waals surface area contributed by atoms with Gasteiger partial charge >= 0.3 is 0 Å². The van der Waals surface area contributed by atoms with Crippen LogP contribution in [0.4, 0.5) is 10.1 Å². The van der Waals surface area contributed by atoms with Crippen LogP contribution >= 0.6 is 11.6 Å². The molecule has 7 heteroatoms. The molecule has 5 nitrogen and oxygen atoms in total. The van der Waals surface area contributed by atoms with Crippen molar-refractivity contribution in [1.82, 2.24) is 10.1 Å². The van der Waals surface area contributed by atoms with Gasteiger partial charge in [-0.15, -0.1) is 0 Å². The van der Waals surface area contributed by atoms with Crippen molar-refractivity contribution in [2.24, 2.45) is 0 Å². The van der Waals surface area contributed by atoms with Gasteiger partial charge in [0.15, 0.2) is 5.82 Å². The molecule has 0 unspecified atom stereocenters. The summed E-state index contributed by atoms with van der Waals surface area (Å²) in [5.74, 6) is -0.604. The quantitative estimate of drug-likeness (QED) is 0.911. The van der Waals surface area contributed by atoms with Crippen LogP contribution in [0.5, 0.6) is 0 Å². The van der Waals surface area contributed by atoms with Gasteiger partial charge in [0.2, 0.25) is 12.3 Å². The van der Waals surface area contributed by atoms with E-state index in [4.69, 9.17) is 11.6 Å². The van der Waals surface area contributed by atoms with E-state index in [-0.39, 0.29) is 23.2 Å². The highest BCUT2D eigenvalue weighted by molar-refractivity contribution is 6.31. The zero-order valence-electron chi connectivity index (χ0n) is 8.48. The van der Waals surface area contributed by atoms with Crippen LogP contribution in [-0.4, -0.2) is 16.0 Å². The maximum absolute atomic E-state index is 12.9. The van der Waals surface area contributed by atoms with Crippen LogP contribution in [0.1, 0.15) is 5.82 Å². The summed E-state index contributed by atoms with van der Waals surface area (Å²) in [4.78, 5) is 15.2. The van der Waals surface area contributed by atoms with Crippen molar-refractivity contribution < 1.29 is 13.7 Å². The van der Waals surface area contributed by atoms with Crippen molar-refractivity contribution in [2.75, 3.05) is 5.32 Å². The topological polar surface area (TPSA) is 68.0 Å². The predicted octanol–water partition coefficient (Wildman–Crippen LogP) is 2.04. The summed E-state index contributed by atoms with van der Waals surface area (Å²) in [7, 11) is 0. The molecule has 2 rings (SSSR count). The van der Waals surface area contributed by atoms with Crippen molar-refractivity contribution >= 4 is 23.2 Å². The first-order chi connectivity index (χ1) is 8.15. The first-order valence-corrected chi connectivity index (χ1v) is 5.03. The fourth-order valence-electron chi connectivity index (χ4n) is 1.19. The average molecular weight is 256 g/mol. The molecule has 1 amide bonds. The molecule has 0 bridgehead atoms. The average Bonchev–Trinajstić information content (AvgIpc) is 2.76. The molecule has 1 aromatic carbocycles. The molecule has 0 aliphatic carbocycles. The van der Waals surface area contributed by atoms with Gasteiger partial charge < -0.3 is 9.84 Å². The Bertz CT molecular complexity index is 530. The molecule has 0 saturated heterocycles. The van der Waals surface area contributed by atoms with Crippen LogP contribution in [0.25, 0.3) is 0 Å². The number of amides is 1. The lowest BCUT2D eigenvalue weighted by Crippen LogP contribution is -2.15. The molecule has 0 spiro atoms. The summed E-state index contributed by atoms with van der Waals surface area (Å²) in [6.07, 6.45) is 1.11. The summed E-state index contributed by atoms with van der Waals surface area (Å²) in [5, 5.41) is 5.98. The molecule has 1 aromatic heterocycles. The third-order valence-corrected chi connectivity index (χ3v) is 2.22. The molecule has 88 valence electrons. The first kappa shape index (κ1) is 11.5. The van der Waals surface area contributed by atoms with E-state index in [0.717, 1.165) is 6.39 Å². The number of carbonyl (C=O) groups excluding carboxylic acids is 1. The molecule has 0 fully saturated rings. The SMILES string of the molecule is O=C(Cc1ncon1)Nc1ccc(F)c(Cl)c1. The fourth-order valence-corrected chi connectivity index (χ4v) is 1.37. The maximum Gasteiger partial charge on any atom is 0.232 e. The number of hydrogen-bond acceptors (Lipinski definition) is 4. The fraction of sp³-hybridized carbons (Fsp3) is 0.100. The molecule has 1 N–H and O–H groups in total. The standard InChI is InChI=1S/C10H7ClFN3O2/c11-7-3-6(1-2-8(7)12)14-10(16)4-9-13-5-17-15-9/h1-3,5H,4H2,(H,14,16). The number of halogens is 2. The van der Waals surface area contributed by atoms with E-state index in [1.807, 2.05) is 0 Å². The Balaban J connectivity index is 2.00. The van der Waals surface area contributed by atoms with E-state index in [1.54, 1.807) is 0 Å². The largest absolute Gasteiger partial charge is 0.343 e. The van der Waals surface area contributed by atoms with Crippen LogP contribution in [0.15, 0.2) is 29.1 Å². The number of hydrogen-bond donors (Lipinski definition) is 1. The predicted molar refractivity (Wildman–Crippen MR) is 58.0 cm³/mol. The van der Waals surface area contributed by atoms with Gasteiger partial charge in [-0.25, -0.2) is 4.39 Å². The monoisotopic (exact) mass is 255 g/mol. The summed E-state index contributed by atoms with van der Waals surface area (Å²) in [5.41, 5.74) is 0.407. The smallest absolute Gasteiger partial charge is 0.232 e. The van der Waals surface area contributed by atoms with Gasteiger partial charge in [-0.1, -0.05) is 16.8 Å². The third-order valence-electron chi connectivity index (χ3n) is 1.93. The molecule has 0 atom stereocenters. The highest BCUT2D eigenvalue weighted by Crippen LogP contribution is 2.19. The van der Waals surface area contributed by atoms with Gasteiger partial charge in [-0.3, -0.25) is 4.79 Å². The number of anilines is 1. The van der Waals surface area contributed by atoms with Crippen molar-refractivity contribution in [3.63, 3.8) is 0 Å². The lowest BCUT2D eigenvalue weighted by molar-refractivity contribution is -0.115. The molecule has 1 heterocycles. The number of rotatable bonds is 3. The number of carbonyl (C=O) groups is 1. The van der Waals surface area contributed by atoms with Gasteiger partial charge in [0, 0.05) is 5.69 Å². The van der Waals surface area contributed by atoms with E-state index in [0.29, 0.717) is 5.69 Å². The highest BCUT2D eigenvalue weighted by atomic mass is 35.5. The van der Waals surface area contributed by atoms with Crippen LogP contribution < -0.4 is 5.32 Å². The summed E-state index contributed by atoms with van der Waals surface area (Å²) in [6, 6.07) is 3.91. The minimum absolute atomic E-state index is 0.0223. The Hall–Kier alpha value is -1.95. The Morgan fingerprint density at radius 1 is 1.53 bits per heavy atom. The Morgan fingerprint density at radius 2 is 2.35 bits per heavy atom. The van der Waals surface area contributed by atoms with E-state index in [9.17, 15) is 9.18 Å². The minimum atomic E-state index is -0.539. The van der Waals surface area contributed by atoms with Crippen molar-refractivity contribution in [3.8, 4) is 0 Å². The Kier molecular flexibility index (Phi) is 3.34. The lowest BCUT2D eigenvalue weighted by Gasteiger charge is -2.04. The van der Waals surface area contributed by atoms with E-state index >= 15 is 0 Å². The Morgan fingerprint density at radius 3 is 3.00 bits per heavy atom. The second kappa shape index (κ2) is 4.92. The van der Waals surface area contributed by atoms with Gasteiger partial charge in [0.05, 0.1) is 11.4 Å². The van der Waals surface area contributed by atoms with Gasteiger partial charge in [0.1, 0.15) is 5.82 Å². The van der Waals surface area contributed by atoms with E-state index in [1.165, 1.54) is 18.2 Å². The van der Waals surface area contributed by atoms with Crippen molar-refractivity contribution in [1.29, 1.82) is 0 Å². The molecule has 0 radical (unpaired) electrons. The number of nitrogens with one attached hydrogen (secondary N) is 1. The molecular formula is C10H7ClFN3O2. The Labute approximate surface area is 101 Å². The van der Waals surface area contributed by atoms with E-state index < -0.39 is 5.82 Å². The van der Waals surface area contributed by atoms with Gasteiger partial charge in [0.25, 0.3) is 0 Å². The molecule has 0 aliphatic rings. The molecule has 17 heavy (non-hydrogen) atoms. The zero-order chi connectivity index (χ0) is 12.3. The second-order valence-electron chi connectivity index (χ2n) is 3.20. The van der Waals surface area contributed by atoms with E-state index in [2.05, 4.69) is 20.0 Å². The molecule has 0 saturated carbocycles. The van der Waals surface area contributed by atoms with Crippen LogP contribution in [0.2, 0.25) is 5.02 Å². The lowest BCUT2D eigenvalue weighted by atomic mass is 10.3. The maximum atomic E-state index is 12.9.